The minimum Gasteiger partial charge on any atom is -0.508 e. The van der Waals surface area contributed by atoms with Crippen molar-refractivity contribution in [2.45, 2.75) is 6.42 Å². The van der Waals surface area contributed by atoms with E-state index in [9.17, 15) is 14.7 Å². The highest BCUT2D eigenvalue weighted by molar-refractivity contribution is 6.06. The number of phenolic OH excluding ortho intramolecular Hbond substituents is 1. The van der Waals surface area contributed by atoms with E-state index in [1.165, 1.54) is 4.90 Å². The summed E-state index contributed by atoms with van der Waals surface area (Å²) < 4.78 is 0. The molecule has 4 atom stereocenters. The summed E-state index contributed by atoms with van der Waals surface area (Å²) in [5.41, 5.74) is 0.770. The third-order valence-corrected chi connectivity index (χ3v) is 4.87. The standard InChI is InChI=1S/C16H16N2O3/c19-12-5-3-11(4-6-12)17-8-18-15(20)13-9-1-2-10(7-9)14(13)16(18)21/h1-6,9-10,13-14,17,19H,7-8H2/t9-,10-,13+,14+/m0/s1. The van der Waals surface area contributed by atoms with Crippen LogP contribution < -0.4 is 5.32 Å². The third kappa shape index (κ3) is 1.77. The van der Waals surface area contributed by atoms with Gasteiger partial charge in [0, 0.05) is 5.69 Å². The predicted molar refractivity (Wildman–Crippen MR) is 76.2 cm³/mol. The van der Waals surface area contributed by atoms with Crippen molar-refractivity contribution in [3.05, 3.63) is 36.4 Å². The Morgan fingerprint density at radius 1 is 1.05 bits per heavy atom. The van der Waals surface area contributed by atoms with Gasteiger partial charge in [0.15, 0.2) is 0 Å². The van der Waals surface area contributed by atoms with Gasteiger partial charge in [0.25, 0.3) is 0 Å². The molecule has 2 N–H and O–H groups in total. The van der Waals surface area contributed by atoms with E-state index in [-0.39, 0.29) is 47.9 Å². The van der Waals surface area contributed by atoms with Crippen molar-refractivity contribution in [2.75, 3.05) is 12.0 Å². The summed E-state index contributed by atoms with van der Waals surface area (Å²) in [6, 6.07) is 6.56. The maximum absolute atomic E-state index is 12.5. The summed E-state index contributed by atoms with van der Waals surface area (Å²) in [7, 11) is 0. The van der Waals surface area contributed by atoms with Gasteiger partial charge in [-0.25, -0.2) is 0 Å². The van der Waals surface area contributed by atoms with Gasteiger partial charge in [-0.2, -0.15) is 0 Å². The van der Waals surface area contributed by atoms with E-state index in [1.54, 1.807) is 24.3 Å². The summed E-state index contributed by atoms with van der Waals surface area (Å²) in [5.74, 6) is 0.292. The van der Waals surface area contributed by atoms with Gasteiger partial charge < -0.3 is 10.4 Å². The lowest BCUT2D eigenvalue weighted by molar-refractivity contribution is -0.140. The summed E-state index contributed by atoms with van der Waals surface area (Å²) >= 11 is 0. The SMILES string of the molecule is O=C1[C@H]2[C@H](C(=O)N1CNc1ccc(O)cc1)[C@H]1C=C[C@H]2C1. The van der Waals surface area contributed by atoms with Crippen LogP contribution in [0.2, 0.25) is 0 Å². The average Bonchev–Trinajstić information content (AvgIpc) is 3.14. The molecule has 0 radical (unpaired) electrons. The van der Waals surface area contributed by atoms with Crippen LogP contribution in [-0.4, -0.2) is 28.5 Å². The number of phenols is 1. The van der Waals surface area contributed by atoms with Gasteiger partial charge in [-0.05, 0) is 42.5 Å². The highest BCUT2D eigenvalue weighted by Gasteiger charge is 2.59. The van der Waals surface area contributed by atoms with Crippen molar-refractivity contribution in [1.82, 2.24) is 4.90 Å². The lowest BCUT2D eigenvalue weighted by Crippen LogP contribution is -2.37. The molecule has 0 spiro atoms. The van der Waals surface area contributed by atoms with E-state index in [4.69, 9.17) is 0 Å². The molecule has 108 valence electrons. The number of nitrogens with one attached hydrogen (secondary N) is 1. The first-order valence-electron chi connectivity index (χ1n) is 7.21. The van der Waals surface area contributed by atoms with Crippen LogP contribution in [0.3, 0.4) is 0 Å². The highest BCUT2D eigenvalue weighted by atomic mass is 16.3. The maximum Gasteiger partial charge on any atom is 0.235 e. The molecule has 2 amide bonds. The Balaban J connectivity index is 1.48. The van der Waals surface area contributed by atoms with E-state index in [0.717, 1.165) is 12.1 Å². The highest BCUT2D eigenvalue weighted by Crippen LogP contribution is 2.52. The number of aromatic hydroxyl groups is 1. The number of likely N-dealkylation sites (tertiary alicyclic amines) is 1. The fourth-order valence-corrected chi connectivity index (χ4v) is 3.87. The van der Waals surface area contributed by atoms with Crippen LogP contribution in [0.4, 0.5) is 5.69 Å². The number of amides is 2. The zero-order valence-electron chi connectivity index (χ0n) is 11.4. The minimum atomic E-state index is -0.144. The van der Waals surface area contributed by atoms with Gasteiger partial charge in [-0.1, -0.05) is 12.2 Å². The van der Waals surface area contributed by atoms with E-state index < -0.39 is 0 Å². The Kier molecular flexibility index (Phi) is 2.58. The van der Waals surface area contributed by atoms with Gasteiger partial charge >= 0.3 is 0 Å². The number of benzene rings is 1. The molecule has 2 fully saturated rings. The molecule has 0 aromatic heterocycles. The molecule has 1 aromatic carbocycles. The van der Waals surface area contributed by atoms with Gasteiger partial charge in [-0.15, -0.1) is 0 Å². The Bertz CT molecular complexity index is 607. The topological polar surface area (TPSA) is 69.6 Å². The van der Waals surface area contributed by atoms with E-state index in [1.807, 2.05) is 0 Å². The maximum atomic E-state index is 12.5. The summed E-state index contributed by atoms with van der Waals surface area (Å²) in [5, 5.41) is 12.3. The normalized spacial score (nSPS) is 32.9. The summed E-state index contributed by atoms with van der Waals surface area (Å²) in [6.07, 6.45) is 5.13. The molecule has 4 rings (SSSR count). The van der Waals surface area contributed by atoms with Gasteiger partial charge in [0.05, 0.1) is 18.5 Å². The monoisotopic (exact) mass is 284 g/mol. The number of fused-ring (bicyclic) bond motifs is 5. The van der Waals surface area contributed by atoms with Crippen molar-refractivity contribution in [1.29, 1.82) is 0 Å². The van der Waals surface area contributed by atoms with Crippen LogP contribution in [0, 0.1) is 23.7 Å². The smallest absolute Gasteiger partial charge is 0.235 e. The van der Waals surface area contributed by atoms with Gasteiger partial charge in [0.1, 0.15) is 5.75 Å². The number of anilines is 1. The lowest BCUT2D eigenvalue weighted by atomic mass is 9.85. The average molecular weight is 284 g/mol. The summed E-state index contributed by atoms with van der Waals surface area (Å²) in [4.78, 5) is 26.2. The number of hydrogen-bond acceptors (Lipinski definition) is 4. The largest absolute Gasteiger partial charge is 0.508 e. The van der Waals surface area contributed by atoms with Crippen molar-refractivity contribution < 1.29 is 14.7 Å². The second kappa shape index (κ2) is 4.35. The molecule has 3 aliphatic rings. The molecule has 1 saturated heterocycles. The van der Waals surface area contributed by atoms with E-state index in [2.05, 4.69) is 17.5 Å². The Morgan fingerprint density at radius 3 is 2.19 bits per heavy atom. The third-order valence-electron chi connectivity index (χ3n) is 4.87. The van der Waals surface area contributed by atoms with Crippen molar-refractivity contribution in [3.63, 3.8) is 0 Å². The van der Waals surface area contributed by atoms with Gasteiger partial charge in [0.2, 0.25) is 11.8 Å². The number of allylic oxidation sites excluding steroid dienone is 2. The molecular weight excluding hydrogens is 268 g/mol. The molecule has 1 aliphatic heterocycles. The van der Waals surface area contributed by atoms with E-state index >= 15 is 0 Å². The van der Waals surface area contributed by atoms with Crippen LogP contribution in [0.5, 0.6) is 5.75 Å². The first kappa shape index (κ1) is 12.4. The molecule has 2 aliphatic carbocycles. The molecule has 5 nitrogen and oxygen atoms in total. The lowest BCUT2D eigenvalue weighted by Gasteiger charge is -2.18. The van der Waals surface area contributed by atoms with Crippen molar-refractivity contribution >= 4 is 17.5 Å². The Morgan fingerprint density at radius 2 is 1.62 bits per heavy atom. The Labute approximate surface area is 122 Å². The van der Waals surface area contributed by atoms with Crippen LogP contribution in [0.1, 0.15) is 6.42 Å². The van der Waals surface area contributed by atoms with Gasteiger partial charge in [-0.3, -0.25) is 14.5 Å². The molecule has 1 aromatic rings. The van der Waals surface area contributed by atoms with Crippen LogP contribution in [-0.2, 0) is 9.59 Å². The van der Waals surface area contributed by atoms with Crippen LogP contribution in [0.25, 0.3) is 0 Å². The van der Waals surface area contributed by atoms with E-state index in [0.29, 0.717) is 0 Å². The van der Waals surface area contributed by atoms with Crippen LogP contribution in [0.15, 0.2) is 36.4 Å². The summed E-state index contributed by atoms with van der Waals surface area (Å²) in [6.45, 7) is 0.189. The number of hydrogen-bond donors (Lipinski definition) is 2. The molecule has 2 bridgehead atoms. The predicted octanol–water partition coefficient (Wildman–Crippen LogP) is 1.57. The Hall–Kier alpha value is -2.30. The number of carbonyl (C=O) groups is 2. The zero-order chi connectivity index (χ0) is 14.6. The van der Waals surface area contributed by atoms with Crippen molar-refractivity contribution in [2.24, 2.45) is 23.7 Å². The molecular formula is C16H16N2O3. The first-order valence-corrected chi connectivity index (χ1v) is 7.21. The fraction of sp³-hybridized carbons (Fsp3) is 0.375. The first-order chi connectivity index (χ1) is 10.1. The second-order valence-corrected chi connectivity index (χ2v) is 5.99. The molecule has 1 saturated carbocycles. The number of rotatable bonds is 3. The molecule has 5 heteroatoms. The minimum absolute atomic E-state index is 0.0480. The molecule has 1 heterocycles. The number of carbonyl (C=O) groups excluding carboxylic acids is 2. The van der Waals surface area contributed by atoms with Crippen molar-refractivity contribution in [3.8, 4) is 5.75 Å². The fourth-order valence-electron chi connectivity index (χ4n) is 3.87. The number of nitrogens with zero attached hydrogens (tertiary/aromatic N) is 1. The number of imide groups is 1. The van der Waals surface area contributed by atoms with Crippen LogP contribution >= 0.6 is 0 Å². The second-order valence-electron chi connectivity index (χ2n) is 5.99. The zero-order valence-corrected chi connectivity index (χ0v) is 11.4. The quantitative estimate of drug-likeness (QED) is 0.502. The molecule has 21 heavy (non-hydrogen) atoms. The molecule has 0 unspecified atom stereocenters.